The third kappa shape index (κ3) is 5.18. The van der Waals surface area contributed by atoms with Crippen molar-refractivity contribution in [2.24, 2.45) is 5.92 Å². The Labute approximate surface area is 202 Å². The molecule has 2 aromatic heterocycles. The Morgan fingerprint density at radius 1 is 1.21 bits per heavy atom. The lowest BCUT2D eigenvalue weighted by atomic mass is 9.97. The minimum Gasteiger partial charge on any atom is -0.352 e. The van der Waals surface area contributed by atoms with Crippen LogP contribution in [0.4, 0.5) is 0 Å². The van der Waals surface area contributed by atoms with Crippen LogP contribution in [-0.4, -0.2) is 43.6 Å². The molecule has 9 heteroatoms. The predicted molar refractivity (Wildman–Crippen MR) is 128 cm³/mol. The summed E-state index contributed by atoms with van der Waals surface area (Å²) < 4.78 is 7.41. The number of benzene rings is 2. The number of nitrogens with zero attached hydrogens (tertiary/aromatic N) is 5. The van der Waals surface area contributed by atoms with Crippen LogP contribution in [0.15, 0.2) is 71.8 Å². The molecular weight excluding hydrogens is 452 g/mol. The summed E-state index contributed by atoms with van der Waals surface area (Å²) in [6.07, 6.45) is 7.21. The molecule has 0 radical (unpaired) electrons. The molecule has 174 valence electrons. The molecule has 1 aliphatic heterocycles. The van der Waals surface area contributed by atoms with E-state index in [0.29, 0.717) is 36.4 Å². The first-order valence-electron chi connectivity index (χ1n) is 11.3. The molecule has 0 saturated carbocycles. The van der Waals surface area contributed by atoms with Crippen molar-refractivity contribution in [3.8, 4) is 17.1 Å². The van der Waals surface area contributed by atoms with Gasteiger partial charge in [-0.1, -0.05) is 47.1 Å². The van der Waals surface area contributed by atoms with Crippen LogP contribution in [0.25, 0.3) is 17.1 Å². The monoisotopic (exact) mass is 476 g/mol. The molecule has 0 bridgehead atoms. The smallest absolute Gasteiger partial charge is 0.241 e. The Morgan fingerprint density at radius 3 is 2.97 bits per heavy atom. The standard InChI is InChI=1S/C25H25ClN6O2/c26-21-8-3-6-18(13-21)24-29-23(34-30-24)16-31-11-4-7-20(15-31)25(33)28-14-19-5-1-2-9-22(19)32-12-10-27-17-32/h1-3,5-6,8-10,12-13,17,20H,4,7,11,14-16H2,(H,28,33). The maximum atomic E-state index is 13.0. The quantitative estimate of drug-likeness (QED) is 0.432. The number of carbonyl (C=O) groups excluding carboxylic acids is 1. The van der Waals surface area contributed by atoms with E-state index in [1.165, 1.54) is 0 Å². The number of hydrogen-bond acceptors (Lipinski definition) is 6. The number of amides is 1. The topological polar surface area (TPSA) is 89.1 Å². The van der Waals surface area contributed by atoms with E-state index in [4.69, 9.17) is 16.1 Å². The molecular formula is C25H25ClN6O2. The lowest BCUT2D eigenvalue weighted by Gasteiger charge is -2.30. The van der Waals surface area contributed by atoms with E-state index < -0.39 is 0 Å². The zero-order chi connectivity index (χ0) is 23.3. The number of piperidine rings is 1. The SMILES string of the molecule is O=C(NCc1ccccc1-n1ccnc1)C1CCCN(Cc2nc(-c3cccc(Cl)c3)no2)C1. The summed E-state index contributed by atoms with van der Waals surface area (Å²) >= 11 is 6.07. The summed E-state index contributed by atoms with van der Waals surface area (Å²) in [6.45, 7) is 2.53. The summed E-state index contributed by atoms with van der Waals surface area (Å²) in [5, 5.41) is 7.83. The molecule has 0 spiro atoms. The molecule has 0 aliphatic carbocycles. The van der Waals surface area contributed by atoms with Gasteiger partial charge >= 0.3 is 0 Å². The average molecular weight is 477 g/mol. The van der Waals surface area contributed by atoms with Gasteiger partial charge in [-0.2, -0.15) is 4.98 Å². The molecule has 3 heterocycles. The Bertz CT molecular complexity index is 1260. The molecule has 1 N–H and O–H groups in total. The molecule has 5 rings (SSSR count). The molecule has 1 unspecified atom stereocenters. The number of imidazole rings is 1. The van der Waals surface area contributed by atoms with Crippen molar-refractivity contribution in [2.75, 3.05) is 13.1 Å². The third-order valence-corrected chi connectivity index (χ3v) is 6.25. The average Bonchev–Trinajstić information content (AvgIpc) is 3.56. The number of hydrogen-bond donors (Lipinski definition) is 1. The minimum atomic E-state index is -0.0792. The Kier molecular flexibility index (Phi) is 6.69. The van der Waals surface area contributed by atoms with Gasteiger partial charge in [0.2, 0.25) is 17.6 Å². The van der Waals surface area contributed by atoms with Gasteiger partial charge in [0.15, 0.2) is 0 Å². The van der Waals surface area contributed by atoms with E-state index in [2.05, 4.69) is 25.3 Å². The van der Waals surface area contributed by atoms with Gasteiger partial charge in [0, 0.05) is 36.1 Å². The highest BCUT2D eigenvalue weighted by atomic mass is 35.5. The molecule has 1 fully saturated rings. The van der Waals surface area contributed by atoms with Gasteiger partial charge in [-0.25, -0.2) is 4.98 Å². The molecule has 1 saturated heterocycles. The summed E-state index contributed by atoms with van der Waals surface area (Å²) in [6, 6.07) is 15.4. The van der Waals surface area contributed by atoms with Gasteiger partial charge in [0.05, 0.1) is 24.5 Å². The Morgan fingerprint density at radius 2 is 2.12 bits per heavy atom. The van der Waals surface area contributed by atoms with Crippen molar-refractivity contribution in [3.63, 3.8) is 0 Å². The summed E-state index contributed by atoms with van der Waals surface area (Å²) in [5.74, 6) is 1.03. The first-order valence-corrected chi connectivity index (χ1v) is 11.7. The molecule has 4 aromatic rings. The van der Waals surface area contributed by atoms with E-state index in [9.17, 15) is 4.79 Å². The second-order valence-corrected chi connectivity index (χ2v) is 8.85. The Hall–Kier alpha value is -3.49. The van der Waals surface area contributed by atoms with Gasteiger partial charge in [0.25, 0.3) is 0 Å². The van der Waals surface area contributed by atoms with Gasteiger partial charge in [-0.3, -0.25) is 9.69 Å². The van der Waals surface area contributed by atoms with Crippen molar-refractivity contribution in [2.45, 2.75) is 25.9 Å². The van der Waals surface area contributed by atoms with Crippen LogP contribution in [0, 0.1) is 5.92 Å². The molecule has 8 nitrogen and oxygen atoms in total. The molecule has 1 amide bonds. The first-order chi connectivity index (χ1) is 16.7. The minimum absolute atomic E-state index is 0.0651. The van der Waals surface area contributed by atoms with Crippen LogP contribution >= 0.6 is 11.6 Å². The molecule has 34 heavy (non-hydrogen) atoms. The van der Waals surface area contributed by atoms with Gasteiger partial charge in [0.1, 0.15) is 0 Å². The number of nitrogens with one attached hydrogen (secondary N) is 1. The van der Waals surface area contributed by atoms with Crippen LogP contribution in [0.1, 0.15) is 24.3 Å². The molecule has 1 aliphatic rings. The van der Waals surface area contributed by atoms with E-state index in [-0.39, 0.29) is 11.8 Å². The second-order valence-electron chi connectivity index (χ2n) is 8.41. The lowest BCUT2D eigenvalue weighted by molar-refractivity contribution is -0.127. The van der Waals surface area contributed by atoms with Crippen LogP contribution in [0.5, 0.6) is 0 Å². The van der Waals surface area contributed by atoms with Gasteiger partial charge in [-0.15, -0.1) is 0 Å². The van der Waals surface area contributed by atoms with E-state index in [1.54, 1.807) is 18.6 Å². The largest absolute Gasteiger partial charge is 0.352 e. The highest BCUT2D eigenvalue weighted by Gasteiger charge is 2.27. The van der Waals surface area contributed by atoms with E-state index in [1.807, 2.05) is 53.2 Å². The predicted octanol–water partition coefficient (Wildman–Crippen LogP) is 4.10. The van der Waals surface area contributed by atoms with Crippen LogP contribution in [0.3, 0.4) is 0 Å². The fourth-order valence-electron chi connectivity index (χ4n) is 4.31. The zero-order valence-electron chi connectivity index (χ0n) is 18.6. The van der Waals surface area contributed by atoms with E-state index >= 15 is 0 Å². The van der Waals surface area contributed by atoms with Crippen molar-refractivity contribution >= 4 is 17.5 Å². The van der Waals surface area contributed by atoms with Crippen LogP contribution in [0.2, 0.25) is 5.02 Å². The fraction of sp³-hybridized carbons (Fsp3) is 0.280. The maximum absolute atomic E-state index is 13.0. The lowest BCUT2D eigenvalue weighted by Crippen LogP contribution is -2.42. The highest BCUT2D eigenvalue weighted by Crippen LogP contribution is 2.22. The van der Waals surface area contributed by atoms with Gasteiger partial charge < -0.3 is 14.4 Å². The number of aromatic nitrogens is 4. The fourth-order valence-corrected chi connectivity index (χ4v) is 4.50. The number of likely N-dealkylation sites (tertiary alicyclic amines) is 1. The number of para-hydroxylation sites is 1. The third-order valence-electron chi connectivity index (χ3n) is 6.01. The summed E-state index contributed by atoms with van der Waals surface area (Å²) in [4.78, 5) is 23.8. The van der Waals surface area contributed by atoms with E-state index in [0.717, 1.165) is 36.2 Å². The Balaban J connectivity index is 1.18. The van der Waals surface area contributed by atoms with Crippen molar-refractivity contribution in [3.05, 3.63) is 83.7 Å². The highest BCUT2D eigenvalue weighted by molar-refractivity contribution is 6.30. The van der Waals surface area contributed by atoms with Crippen molar-refractivity contribution in [1.82, 2.24) is 29.9 Å². The first kappa shape index (κ1) is 22.3. The number of halogens is 1. The van der Waals surface area contributed by atoms with Crippen molar-refractivity contribution in [1.29, 1.82) is 0 Å². The van der Waals surface area contributed by atoms with Crippen LogP contribution in [-0.2, 0) is 17.9 Å². The molecule has 1 atom stereocenters. The van der Waals surface area contributed by atoms with Gasteiger partial charge in [-0.05, 0) is 43.1 Å². The van der Waals surface area contributed by atoms with Crippen LogP contribution < -0.4 is 5.32 Å². The number of carbonyl (C=O) groups is 1. The summed E-state index contributed by atoms with van der Waals surface area (Å²) in [5.41, 5.74) is 2.87. The zero-order valence-corrected chi connectivity index (χ0v) is 19.4. The number of rotatable bonds is 7. The van der Waals surface area contributed by atoms with Crippen molar-refractivity contribution < 1.29 is 9.32 Å². The molecule has 2 aromatic carbocycles. The maximum Gasteiger partial charge on any atom is 0.241 e. The second kappa shape index (κ2) is 10.2. The summed E-state index contributed by atoms with van der Waals surface area (Å²) in [7, 11) is 0. The normalized spacial score (nSPS) is 16.4.